The van der Waals surface area contributed by atoms with E-state index in [1.54, 1.807) is 31.9 Å². The Kier molecular flexibility index (Phi) is 14.0. The average molecular weight is 426 g/mol. The van der Waals surface area contributed by atoms with Gasteiger partial charge in [-0.15, -0.1) is 0 Å². The van der Waals surface area contributed by atoms with E-state index >= 15 is 0 Å². The Morgan fingerprint density at radius 2 is 1.67 bits per heavy atom. The Morgan fingerprint density at radius 3 is 2.13 bits per heavy atom. The summed E-state index contributed by atoms with van der Waals surface area (Å²) in [7, 11) is 1.69. The van der Waals surface area contributed by atoms with Gasteiger partial charge in [-0.2, -0.15) is 0 Å². The van der Waals surface area contributed by atoms with Crippen molar-refractivity contribution in [2.45, 2.75) is 67.3 Å². The van der Waals surface area contributed by atoms with Gasteiger partial charge in [-0.1, -0.05) is 40.7 Å². The van der Waals surface area contributed by atoms with Gasteiger partial charge >= 0.3 is 5.97 Å². The van der Waals surface area contributed by atoms with E-state index in [9.17, 15) is 14.4 Å². The number of hydrogen-bond acceptors (Lipinski definition) is 5. The minimum Gasteiger partial charge on any atom is -0.463 e. The third-order valence-electron chi connectivity index (χ3n) is 4.67. The largest absolute Gasteiger partial charge is 0.463 e. The Labute approximate surface area is 183 Å². The summed E-state index contributed by atoms with van der Waals surface area (Å²) in [5, 5.41) is 5.97. The van der Waals surface area contributed by atoms with Gasteiger partial charge in [0.1, 0.15) is 0 Å². The van der Waals surface area contributed by atoms with Crippen molar-refractivity contribution in [3.05, 3.63) is 11.6 Å². The van der Waals surface area contributed by atoms with Crippen LogP contribution in [0.15, 0.2) is 11.6 Å². The predicted octanol–water partition coefficient (Wildman–Crippen LogP) is 2.76. The number of piperidine rings is 1. The van der Waals surface area contributed by atoms with E-state index < -0.39 is 0 Å². The number of nitrogens with zero attached hydrogens (tertiary/aromatic N) is 1. The number of rotatable bonds is 8. The lowest BCUT2D eigenvalue weighted by Crippen LogP contribution is -2.46. The van der Waals surface area contributed by atoms with Crippen molar-refractivity contribution in [1.29, 1.82) is 0 Å². The summed E-state index contributed by atoms with van der Waals surface area (Å²) < 4.78 is 5.00. The molecule has 1 heterocycles. The normalized spacial score (nSPS) is 15.9. The van der Waals surface area contributed by atoms with Gasteiger partial charge < -0.3 is 20.3 Å². The zero-order valence-electron chi connectivity index (χ0n) is 20.2. The minimum atomic E-state index is -0.377. The quantitative estimate of drug-likeness (QED) is 0.461. The first-order chi connectivity index (χ1) is 14.0. The van der Waals surface area contributed by atoms with Crippen LogP contribution in [0.25, 0.3) is 0 Å². The van der Waals surface area contributed by atoms with Crippen LogP contribution in [0.3, 0.4) is 0 Å². The molecule has 0 aromatic heterocycles. The highest BCUT2D eigenvalue weighted by Crippen LogP contribution is 2.15. The molecule has 7 nitrogen and oxygen atoms in total. The van der Waals surface area contributed by atoms with E-state index in [-0.39, 0.29) is 42.2 Å². The first-order valence-electron chi connectivity index (χ1n) is 11.1. The van der Waals surface area contributed by atoms with Crippen molar-refractivity contribution in [1.82, 2.24) is 15.5 Å². The SMILES string of the molecule is CC(C)C.CCOC(=O)/C(C)=C/[C@H](C(C)C)N(C)C(=O)CNC(=O)C1CCNCC1. The second kappa shape index (κ2) is 15.0. The molecule has 0 bridgehead atoms. The second-order valence-electron chi connectivity index (χ2n) is 8.78. The third kappa shape index (κ3) is 11.3. The van der Waals surface area contributed by atoms with Crippen LogP contribution in [0.2, 0.25) is 0 Å². The number of nitrogens with one attached hydrogen (secondary N) is 2. The first kappa shape index (κ1) is 28.1. The van der Waals surface area contributed by atoms with Gasteiger partial charge in [-0.05, 0) is 51.6 Å². The lowest BCUT2D eigenvalue weighted by atomic mass is 9.97. The molecule has 1 rings (SSSR count). The summed E-state index contributed by atoms with van der Waals surface area (Å²) in [4.78, 5) is 38.1. The van der Waals surface area contributed by atoms with Crippen molar-refractivity contribution in [3.63, 3.8) is 0 Å². The molecule has 0 aromatic rings. The Bertz CT molecular complexity index is 564. The molecule has 0 aromatic carbocycles. The first-order valence-corrected chi connectivity index (χ1v) is 11.1. The Morgan fingerprint density at radius 1 is 1.13 bits per heavy atom. The Balaban J connectivity index is 0.00000192. The molecule has 1 atom stereocenters. The van der Waals surface area contributed by atoms with E-state index in [2.05, 4.69) is 31.4 Å². The van der Waals surface area contributed by atoms with Crippen LogP contribution in [0.1, 0.15) is 61.3 Å². The van der Waals surface area contributed by atoms with Crippen LogP contribution in [-0.2, 0) is 19.1 Å². The number of likely N-dealkylation sites (N-methyl/N-ethyl adjacent to an activating group) is 1. The van der Waals surface area contributed by atoms with Crippen LogP contribution in [0.4, 0.5) is 0 Å². The number of ether oxygens (including phenoxy) is 1. The summed E-state index contributed by atoms with van der Waals surface area (Å²) in [5.41, 5.74) is 0.476. The molecule has 2 amide bonds. The lowest BCUT2D eigenvalue weighted by Gasteiger charge is -2.30. The number of carbonyl (C=O) groups excluding carboxylic acids is 3. The summed E-state index contributed by atoms with van der Waals surface area (Å²) in [6.45, 7) is 15.9. The molecule has 1 saturated heterocycles. The maximum atomic E-state index is 12.5. The van der Waals surface area contributed by atoms with Crippen molar-refractivity contribution in [2.24, 2.45) is 17.8 Å². The van der Waals surface area contributed by atoms with Crippen LogP contribution >= 0.6 is 0 Å². The van der Waals surface area contributed by atoms with Gasteiger partial charge in [-0.25, -0.2) is 4.79 Å². The number of esters is 1. The number of amides is 2. The second-order valence-corrected chi connectivity index (χ2v) is 8.78. The van der Waals surface area contributed by atoms with Crippen molar-refractivity contribution >= 4 is 17.8 Å². The molecule has 0 radical (unpaired) electrons. The van der Waals surface area contributed by atoms with Crippen molar-refractivity contribution < 1.29 is 19.1 Å². The van der Waals surface area contributed by atoms with Crippen LogP contribution in [0.5, 0.6) is 0 Å². The molecule has 0 unspecified atom stereocenters. The van der Waals surface area contributed by atoms with Gasteiger partial charge in [0, 0.05) is 18.5 Å². The highest BCUT2D eigenvalue weighted by atomic mass is 16.5. The fraction of sp³-hybridized carbons (Fsp3) is 0.783. The third-order valence-corrected chi connectivity index (χ3v) is 4.67. The zero-order chi connectivity index (χ0) is 23.3. The molecule has 1 fully saturated rings. The molecule has 30 heavy (non-hydrogen) atoms. The topological polar surface area (TPSA) is 87.7 Å². The van der Waals surface area contributed by atoms with E-state index in [0.717, 1.165) is 31.8 Å². The summed E-state index contributed by atoms with van der Waals surface area (Å²) in [5.74, 6) is 0.305. The zero-order valence-corrected chi connectivity index (χ0v) is 20.2. The van der Waals surface area contributed by atoms with Gasteiger partial charge in [-0.3, -0.25) is 9.59 Å². The summed E-state index contributed by atoms with van der Waals surface area (Å²) in [6.07, 6.45) is 3.35. The molecule has 7 heteroatoms. The molecule has 0 saturated carbocycles. The van der Waals surface area contributed by atoms with Crippen molar-refractivity contribution in [3.8, 4) is 0 Å². The molecule has 1 aliphatic heterocycles. The Hall–Kier alpha value is -1.89. The lowest BCUT2D eigenvalue weighted by molar-refractivity contribution is -0.138. The smallest absolute Gasteiger partial charge is 0.333 e. The van der Waals surface area contributed by atoms with Crippen LogP contribution in [-0.4, -0.2) is 62.0 Å². The monoisotopic (exact) mass is 425 g/mol. The van der Waals surface area contributed by atoms with E-state index in [0.29, 0.717) is 12.2 Å². The summed E-state index contributed by atoms with van der Waals surface area (Å²) in [6, 6.07) is -0.248. The highest BCUT2D eigenvalue weighted by molar-refractivity contribution is 5.88. The standard InChI is InChI=1S/C19H33N3O4.C4H10/c1-6-26-19(25)14(4)11-16(13(2)3)22(5)17(23)12-21-18(24)15-7-9-20-10-8-15;1-4(2)3/h11,13,15-16,20H,6-10,12H2,1-5H3,(H,21,24);4H,1-3H3/b14-11+;/t16-;/m1./s1. The van der Waals surface area contributed by atoms with E-state index in [1.165, 1.54) is 0 Å². The number of hydrogen-bond donors (Lipinski definition) is 2. The van der Waals surface area contributed by atoms with Gasteiger partial charge in [0.25, 0.3) is 0 Å². The average Bonchev–Trinajstić information content (AvgIpc) is 2.69. The van der Waals surface area contributed by atoms with Gasteiger partial charge in [0.05, 0.1) is 19.2 Å². The van der Waals surface area contributed by atoms with Crippen molar-refractivity contribution in [2.75, 3.05) is 33.3 Å². The summed E-state index contributed by atoms with van der Waals surface area (Å²) >= 11 is 0. The fourth-order valence-electron chi connectivity index (χ4n) is 3.00. The molecule has 0 spiro atoms. The predicted molar refractivity (Wildman–Crippen MR) is 121 cm³/mol. The van der Waals surface area contributed by atoms with E-state index in [4.69, 9.17) is 4.74 Å². The maximum absolute atomic E-state index is 12.5. The van der Waals surface area contributed by atoms with Gasteiger partial charge in [0.2, 0.25) is 11.8 Å². The number of carbonyl (C=O) groups is 3. The van der Waals surface area contributed by atoms with Crippen LogP contribution in [0, 0.1) is 17.8 Å². The molecule has 2 N–H and O–H groups in total. The fourth-order valence-corrected chi connectivity index (χ4v) is 3.00. The minimum absolute atomic E-state index is 0.0267. The van der Waals surface area contributed by atoms with Gasteiger partial charge in [0.15, 0.2) is 0 Å². The van der Waals surface area contributed by atoms with Crippen LogP contribution < -0.4 is 10.6 Å². The molecule has 1 aliphatic rings. The molecular weight excluding hydrogens is 382 g/mol. The maximum Gasteiger partial charge on any atom is 0.333 e. The highest BCUT2D eigenvalue weighted by Gasteiger charge is 2.25. The molecule has 0 aliphatic carbocycles. The van der Waals surface area contributed by atoms with E-state index in [1.807, 2.05) is 13.8 Å². The molecular formula is C23H43N3O4. The molecule has 174 valence electrons.